The molecule has 0 bridgehead atoms. The summed E-state index contributed by atoms with van der Waals surface area (Å²) < 4.78 is 15.5. The Labute approximate surface area is 267 Å². The van der Waals surface area contributed by atoms with Gasteiger partial charge >= 0.3 is 0 Å². The third-order valence-corrected chi connectivity index (χ3v) is 9.29. The highest BCUT2D eigenvalue weighted by molar-refractivity contribution is 6.11. The second kappa shape index (κ2) is 10.7. The molecule has 8 aromatic rings. The molecule has 0 saturated heterocycles. The Bertz CT molecular complexity index is 2520. The molecule has 5 aromatic carbocycles. The number of para-hydroxylation sites is 3. The van der Waals surface area contributed by atoms with Gasteiger partial charge in [0.15, 0.2) is 0 Å². The zero-order chi connectivity index (χ0) is 30.6. The number of aromatic nitrogens is 1. The molecule has 3 aromatic heterocycles. The van der Waals surface area contributed by atoms with Crippen LogP contribution in [0.25, 0.3) is 71.7 Å². The van der Waals surface area contributed by atoms with Gasteiger partial charge in [-0.1, -0.05) is 97.6 Å². The minimum atomic E-state index is 0.757. The Morgan fingerprint density at radius 1 is 0.609 bits per heavy atom. The monoisotopic (exact) mass is 593 g/mol. The fraction of sp³-hybridized carbons (Fsp3) is 0.0698. The van der Waals surface area contributed by atoms with E-state index in [0.717, 1.165) is 58.4 Å². The first-order valence-electron chi connectivity index (χ1n) is 15.9. The predicted octanol–water partition coefficient (Wildman–Crippen LogP) is 11.5. The van der Waals surface area contributed by atoms with Crippen molar-refractivity contribution in [1.82, 2.24) is 4.57 Å². The van der Waals surface area contributed by atoms with Gasteiger partial charge in [-0.15, -0.1) is 0 Å². The molecule has 0 spiro atoms. The number of rotatable bonds is 6. The van der Waals surface area contributed by atoms with Crippen molar-refractivity contribution in [3.8, 4) is 27.9 Å². The highest BCUT2D eigenvalue weighted by Crippen LogP contribution is 2.47. The summed E-state index contributed by atoms with van der Waals surface area (Å²) in [4.78, 5) is 0. The average molecular weight is 594 g/mol. The Hall–Kier alpha value is -5.80. The van der Waals surface area contributed by atoms with E-state index in [9.17, 15) is 0 Å². The van der Waals surface area contributed by atoms with E-state index in [4.69, 9.17) is 8.83 Å². The van der Waals surface area contributed by atoms with E-state index >= 15 is 0 Å². The molecular formula is C43H31NO2. The third kappa shape index (κ3) is 4.13. The number of hydrogen-bond donors (Lipinski definition) is 0. The molecule has 3 nitrogen and oxygen atoms in total. The topological polar surface area (TPSA) is 31.2 Å². The first-order chi connectivity index (χ1) is 22.8. The molecular weight excluding hydrogens is 562 g/mol. The number of benzene rings is 5. The van der Waals surface area contributed by atoms with Crippen LogP contribution < -0.4 is 0 Å². The highest BCUT2D eigenvalue weighted by atomic mass is 16.3. The second-order valence-corrected chi connectivity index (χ2v) is 12.0. The SMILES string of the molecule is C=C/C=C\C=C/Cc1cc(-c2ccc3c(c2)c2ccccc2n3-c2ccccc2)cc2c3c(oc12)CCc1oc2ccccc2c1-3. The van der Waals surface area contributed by atoms with Crippen molar-refractivity contribution in [2.24, 2.45) is 0 Å². The lowest BCUT2D eigenvalue weighted by atomic mass is 9.89. The number of furan rings is 2. The molecule has 1 aliphatic carbocycles. The first kappa shape index (κ1) is 26.6. The predicted molar refractivity (Wildman–Crippen MR) is 191 cm³/mol. The number of allylic oxidation sites excluding steroid dienone is 5. The molecule has 9 rings (SSSR count). The van der Waals surface area contributed by atoms with Gasteiger partial charge < -0.3 is 13.4 Å². The van der Waals surface area contributed by atoms with Crippen LogP contribution in [0.15, 0.2) is 155 Å². The summed E-state index contributed by atoms with van der Waals surface area (Å²) in [5, 5.41) is 4.79. The molecule has 46 heavy (non-hydrogen) atoms. The molecule has 0 unspecified atom stereocenters. The number of fused-ring (bicyclic) bond motifs is 10. The fourth-order valence-electron chi connectivity index (χ4n) is 7.29. The first-order valence-corrected chi connectivity index (χ1v) is 15.9. The van der Waals surface area contributed by atoms with E-state index in [1.807, 2.05) is 18.2 Å². The summed E-state index contributed by atoms with van der Waals surface area (Å²) in [6, 6.07) is 39.2. The molecule has 0 saturated carbocycles. The van der Waals surface area contributed by atoms with E-state index in [1.165, 1.54) is 49.6 Å². The third-order valence-electron chi connectivity index (χ3n) is 9.29. The summed E-state index contributed by atoms with van der Waals surface area (Å²) in [7, 11) is 0. The van der Waals surface area contributed by atoms with Crippen LogP contribution >= 0.6 is 0 Å². The standard InChI is InChI=1S/C43H31NO2/c1-2-3-4-5-7-14-29-25-30(27-35-42-40(46-43(29)35)24-23-39-41(42)33-18-11-13-20-38(33)45-39)28-21-22-37-34(26-28)32-17-10-12-19-36(32)44(37)31-15-8-6-9-16-31/h2-13,15-22,25-27H,1,14,23-24H2/b4-3-,7-5-. The van der Waals surface area contributed by atoms with Crippen molar-refractivity contribution in [2.45, 2.75) is 19.3 Å². The lowest BCUT2D eigenvalue weighted by molar-refractivity contribution is 0.503. The molecule has 0 aliphatic heterocycles. The van der Waals surface area contributed by atoms with Gasteiger partial charge in [-0.3, -0.25) is 0 Å². The maximum absolute atomic E-state index is 6.73. The lowest BCUT2D eigenvalue weighted by Crippen LogP contribution is -1.98. The van der Waals surface area contributed by atoms with E-state index in [2.05, 4.69) is 126 Å². The molecule has 0 N–H and O–H groups in total. The summed E-state index contributed by atoms with van der Waals surface area (Å²) >= 11 is 0. The quantitative estimate of drug-likeness (QED) is 0.180. The molecule has 220 valence electrons. The van der Waals surface area contributed by atoms with Gasteiger partial charge in [-0.25, -0.2) is 0 Å². The maximum atomic E-state index is 6.73. The van der Waals surface area contributed by atoms with E-state index in [-0.39, 0.29) is 0 Å². The Morgan fingerprint density at radius 3 is 2.20 bits per heavy atom. The molecule has 1 aliphatic rings. The van der Waals surface area contributed by atoms with Crippen LogP contribution in [0.4, 0.5) is 0 Å². The van der Waals surface area contributed by atoms with Gasteiger partial charge in [-0.2, -0.15) is 0 Å². The zero-order valence-electron chi connectivity index (χ0n) is 25.4. The van der Waals surface area contributed by atoms with Crippen molar-refractivity contribution >= 4 is 43.7 Å². The van der Waals surface area contributed by atoms with Crippen molar-refractivity contribution < 1.29 is 8.83 Å². The summed E-state index contributed by atoms with van der Waals surface area (Å²) in [5.74, 6) is 2.09. The number of aryl methyl sites for hydroxylation is 2. The molecule has 0 amide bonds. The van der Waals surface area contributed by atoms with Crippen molar-refractivity contribution in [1.29, 1.82) is 0 Å². The minimum absolute atomic E-state index is 0.757. The number of nitrogens with zero attached hydrogens (tertiary/aromatic N) is 1. The van der Waals surface area contributed by atoms with Crippen LogP contribution in [0.3, 0.4) is 0 Å². The normalized spacial score (nSPS) is 13.0. The maximum Gasteiger partial charge on any atom is 0.138 e. The molecule has 0 fully saturated rings. The van der Waals surface area contributed by atoms with Crippen LogP contribution in [0.5, 0.6) is 0 Å². The summed E-state index contributed by atoms with van der Waals surface area (Å²) in [6.45, 7) is 3.79. The van der Waals surface area contributed by atoms with Crippen LogP contribution in [0, 0.1) is 0 Å². The van der Waals surface area contributed by atoms with Gasteiger partial charge in [0.2, 0.25) is 0 Å². The highest BCUT2D eigenvalue weighted by Gasteiger charge is 2.29. The fourth-order valence-corrected chi connectivity index (χ4v) is 7.29. The Morgan fingerprint density at radius 2 is 1.33 bits per heavy atom. The van der Waals surface area contributed by atoms with Crippen molar-refractivity contribution in [3.63, 3.8) is 0 Å². The molecule has 3 heteroatoms. The smallest absolute Gasteiger partial charge is 0.138 e. The summed E-state index contributed by atoms with van der Waals surface area (Å²) in [6.07, 6.45) is 12.4. The minimum Gasteiger partial charge on any atom is -0.460 e. The Kier molecular flexibility index (Phi) is 6.17. The van der Waals surface area contributed by atoms with Gasteiger partial charge in [0, 0.05) is 51.2 Å². The molecule has 3 heterocycles. The van der Waals surface area contributed by atoms with Gasteiger partial charge in [0.1, 0.15) is 22.7 Å². The largest absolute Gasteiger partial charge is 0.460 e. The second-order valence-electron chi connectivity index (χ2n) is 12.0. The van der Waals surface area contributed by atoms with Crippen molar-refractivity contribution in [3.05, 3.63) is 163 Å². The van der Waals surface area contributed by atoms with Gasteiger partial charge in [0.05, 0.1) is 11.0 Å². The lowest BCUT2D eigenvalue weighted by Gasteiger charge is -2.11. The number of hydrogen-bond acceptors (Lipinski definition) is 2. The molecule has 0 atom stereocenters. The van der Waals surface area contributed by atoms with Crippen LogP contribution in [-0.4, -0.2) is 4.57 Å². The Balaban J connectivity index is 1.28. The van der Waals surface area contributed by atoms with Crippen molar-refractivity contribution in [2.75, 3.05) is 0 Å². The summed E-state index contributed by atoms with van der Waals surface area (Å²) in [5.41, 5.74) is 11.4. The zero-order valence-corrected chi connectivity index (χ0v) is 25.4. The van der Waals surface area contributed by atoms with Crippen LogP contribution in [0.1, 0.15) is 17.1 Å². The van der Waals surface area contributed by atoms with Gasteiger partial charge in [-0.05, 0) is 71.6 Å². The van der Waals surface area contributed by atoms with E-state index < -0.39 is 0 Å². The van der Waals surface area contributed by atoms with Crippen LogP contribution in [0.2, 0.25) is 0 Å². The van der Waals surface area contributed by atoms with E-state index in [0.29, 0.717) is 0 Å². The van der Waals surface area contributed by atoms with Crippen LogP contribution in [-0.2, 0) is 19.3 Å². The molecule has 0 radical (unpaired) electrons. The van der Waals surface area contributed by atoms with E-state index in [1.54, 1.807) is 6.08 Å². The van der Waals surface area contributed by atoms with Gasteiger partial charge in [0.25, 0.3) is 0 Å². The average Bonchev–Trinajstić information content (AvgIpc) is 3.77.